The van der Waals surface area contributed by atoms with Crippen molar-refractivity contribution in [2.75, 3.05) is 30.4 Å². The van der Waals surface area contributed by atoms with Crippen molar-refractivity contribution in [3.63, 3.8) is 0 Å². The van der Waals surface area contributed by atoms with Gasteiger partial charge in [0.1, 0.15) is 11.6 Å². The van der Waals surface area contributed by atoms with Gasteiger partial charge in [-0.15, -0.1) is 0 Å². The number of likely N-dealkylation sites (tertiary alicyclic amines) is 1. The van der Waals surface area contributed by atoms with Gasteiger partial charge in [-0.3, -0.25) is 9.69 Å². The highest BCUT2D eigenvalue weighted by molar-refractivity contribution is 6.04. The second kappa shape index (κ2) is 13.5. The minimum atomic E-state index is -5.08. The molecule has 0 saturated carbocycles. The average molecular weight is 558 g/mol. The van der Waals surface area contributed by atoms with E-state index in [0.29, 0.717) is 22.9 Å². The number of pyridine rings is 1. The van der Waals surface area contributed by atoms with Crippen molar-refractivity contribution in [2.45, 2.75) is 31.6 Å². The number of hydrogen-bond acceptors (Lipinski definition) is 6. The second-order valence-corrected chi connectivity index (χ2v) is 9.09. The lowest BCUT2D eigenvalue weighted by molar-refractivity contribution is -0.192. The summed E-state index contributed by atoms with van der Waals surface area (Å²) < 4.78 is 44.8. The summed E-state index contributed by atoms with van der Waals surface area (Å²) >= 11 is 0. The Morgan fingerprint density at radius 3 is 2.25 bits per heavy atom. The lowest BCUT2D eigenvalue weighted by Crippen LogP contribution is -2.43. The number of aromatic nitrogens is 1. The van der Waals surface area contributed by atoms with E-state index >= 15 is 0 Å². The monoisotopic (exact) mass is 557 g/mol. The van der Waals surface area contributed by atoms with Crippen molar-refractivity contribution >= 4 is 23.4 Å². The summed E-state index contributed by atoms with van der Waals surface area (Å²) in [4.78, 5) is 30.4. The van der Waals surface area contributed by atoms with Crippen LogP contribution in [0, 0.1) is 17.1 Å². The van der Waals surface area contributed by atoms with Gasteiger partial charge in [-0.25, -0.2) is 14.2 Å². The molecule has 8 nitrogen and oxygen atoms in total. The van der Waals surface area contributed by atoms with Crippen molar-refractivity contribution in [3.05, 3.63) is 89.4 Å². The zero-order chi connectivity index (χ0) is 29.3. The van der Waals surface area contributed by atoms with E-state index in [2.05, 4.69) is 26.2 Å². The Bertz CT molecular complexity index is 1330. The summed E-state index contributed by atoms with van der Waals surface area (Å²) in [5, 5.41) is 18.9. The van der Waals surface area contributed by atoms with E-state index in [0.717, 1.165) is 38.3 Å². The number of rotatable bonds is 6. The fourth-order valence-corrected chi connectivity index (χ4v) is 4.09. The average Bonchev–Trinajstić information content (AvgIpc) is 2.94. The molecule has 0 unspecified atom stereocenters. The van der Waals surface area contributed by atoms with Crippen LogP contribution in [-0.2, 0) is 11.3 Å². The molecule has 0 spiro atoms. The highest BCUT2D eigenvalue weighted by Gasteiger charge is 2.38. The van der Waals surface area contributed by atoms with Crippen LogP contribution in [-0.4, -0.2) is 59.2 Å². The van der Waals surface area contributed by atoms with E-state index in [-0.39, 0.29) is 11.7 Å². The van der Waals surface area contributed by atoms with E-state index in [1.807, 2.05) is 37.4 Å². The largest absolute Gasteiger partial charge is 0.490 e. The van der Waals surface area contributed by atoms with Crippen molar-refractivity contribution in [1.29, 1.82) is 5.26 Å². The summed E-state index contributed by atoms with van der Waals surface area (Å²) in [6.07, 6.45) is -1.37. The predicted molar refractivity (Wildman–Crippen MR) is 140 cm³/mol. The SMILES string of the molecule is CN(c1cc(NC(=O)c2ccc(F)cc2)ccn1)C1CCN(Cc2ccc(C#N)cc2)CC1.O=C(O)C(F)(F)F. The van der Waals surface area contributed by atoms with E-state index in [1.165, 1.54) is 29.8 Å². The standard InChI is InChI=1S/C26H26FN5O.C2HF3O2/c1-31(24-11-14-32(15-12-24)18-20-4-2-19(17-28)3-5-20)25-16-23(10-13-29-25)30-26(33)21-6-8-22(27)9-7-21;3-2(4,5)1(6)7/h2-10,13,16,24H,11-12,14-15,18H2,1H3,(H,29,30,33);(H,6,7). The third-order valence-corrected chi connectivity index (χ3v) is 6.31. The summed E-state index contributed by atoms with van der Waals surface area (Å²) in [5.74, 6) is -2.61. The van der Waals surface area contributed by atoms with Crippen LogP contribution in [0.1, 0.15) is 34.3 Å². The Labute approximate surface area is 228 Å². The van der Waals surface area contributed by atoms with E-state index in [1.54, 1.807) is 12.3 Å². The smallest absolute Gasteiger partial charge is 0.475 e. The molecule has 1 aromatic heterocycles. The number of nitrogens with zero attached hydrogens (tertiary/aromatic N) is 4. The molecular formula is C28H27F4N5O3. The quantitative estimate of drug-likeness (QED) is 0.407. The number of carbonyl (C=O) groups is 2. The van der Waals surface area contributed by atoms with Gasteiger partial charge >= 0.3 is 12.1 Å². The molecule has 1 aliphatic rings. The maximum Gasteiger partial charge on any atom is 0.490 e. The first kappa shape index (κ1) is 30.0. The maximum absolute atomic E-state index is 13.1. The molecule has 4 rings (SSSR count). The number of carboxylic acid groups (broad SMARTS) is 1. The summed E-state index contributed by atoms with van der Waals surface area (Å²) in [7, 11) is 2.04. The first-order chi connectivity index (χ1) is 19.0. The molecule has 0 radical (unpaired) electrons. The number of hydrogen-bond donors (Lipinski definition) is 2. The van der Waals surface area contributed by atoms with Gasteiger partial charge in [0.25, 0.3) is 5.91 Å². The molecule has 12 heteroatoms. The van der Waals surface area contributed by atoms with Crippen LogP contribution >= 0.6 is 0 Å². The van der Waals surface area contributed by atoms with E-state index in [9.17, 15) is 22.4 Å². The number of alkyl halides is 3. The van der Waals surface area contributed by atoms with Crippen LogP contribution in [0.4, 0.5) is 29.1 Å². The van der Waals surface area contributed by atoms with Crippen LogP contribution in [0.25, 0.3) is 0 Å². The number of benzene rings is 2. The van der Waals surface area contributed by atoms with Crippen molar-refractivity contribution in [1.82, 2.24) is 9.88 Å². The second-order valence-electron chi connectivity index (χ2n) is 9.09. The van der Waals surface area contributed by atoms with E-state index < -0.39 is 12.1 Å². The Morgan fingerprint density at radius 1 is 1.10 bits per heavy atom. The number of nitriles is 1. The molecule has 1 aliphatic heterocycles. The molecule has 0 atom stereocenters. The molecule has 2 aromatic carbocycles. The third-order valence-electron chi connectivity index (χ3n) is 6.31. The molecule has 1 fully saturated rings. The van der Waals surface area contributed by atoms with E-state index in [4.69, 9.17) is 15.2 Å². The fraction of sp³-hybridized carbons (Fsp3) is 0.286. The highest BCUT2D eigenvalue weighted by Crippen LogP contribution is 2.24. The van der Waals surface area contributed by atoms with Crippen molar-refractivity contribution in [3.8, 4) is 6.07 Å². The summed E-state index contributed by atoms with van der Waals surface area (Å²) in [6, 6.07) is 19.4. The Kier molecular flexibility index (Phi) is 10.2. The Hall–Kier alpha value is -4.50. The predicted octanol–water partition coefficient (Wildman–Crippen LogP) is 5.08. The molecule has 0 aliphatic carbocycles. The van der Waals surface area contributed by atoms with Crippen LogP contribution in [0.2, 0.25) is 0 Å². The molecule has 3 aromatic rings. The van der Waals surface area contributed by atoms with Gasteiger partial charge in [-0.05, 0) is 60.9 Å². The van der Waals surface area contributed by atoms with Crippen LogP contribution < -0.4 is 10.2 Å². The number of carbonyl (C=O) groups excluding carboxylic acids is 1. The number of halogens is 4. The van der Waals surface area contributed by atoms with Gasteiger partial charge < -0.3 is 15.3 Å². The lowest BCUT2D eigenvalue weighted by atomic mass is 10.0. The maximum atomic E-state index is 13.1. The molecule has 40 heavy (non-hydrogen) atoms. The molecule has 1 amide bonds. The summed E-state index contributed by atoms with van der Waals surface area (Å²) in [6.45, 7) is 2.84. The molecule has 0 bridgehead atoms. The molecule has 1 saturated heterocycles. The number of carboxylic acids is 1. The number of piperidine rings is 1. The van der Waals surface area contributed by atoms with Gasteiger partial charge in [0, 0.05) is 56.2 Å². The highest BCUT2D eigenvalue weighted by atomic mass is 19.4. The topological polar surface area (TPSA) is 110 Å². The molecular weight excluding hydrogens is 530 g/mol. The third kappa shape index (κ3) is 8.78. The van der Waals surface area contributed by atoms with Crippen molar-refractivity contribution < 1.29 is 32.3 Å². The van der Waals surface area contributed by atoms with Gasteiger partial charge in [-0.2, -0.15) is 18.4 Å². The zero-order valence-electron chi connectivity index (χ0n) is 21.5. The normalized spacial score (nSPS) is 13.9. The first-order valence-corrected chi connectivity index (χ1v) is 12.2. The lowest BCUT2D eigenvalue weighted by Gasteiger charge is -2.37. The Morgan fingerprint density at radius 2 is 1.70 bits per heavy atom. The minimum absolute atomic E-state index is 0.286. The Balaban J connectivity index is 0.000000559. The van der Waals surface area contributed by atoms with Crippen molar-refractivity contribution in [2.24, 2.45) is 0 Å². The number of anilines is 2. The number of amides is 1. The van der Waals surface area contributed by atoms with Gasteiger partial charge in [-0.1, -0.05) is 12.1 Å². The van der Waals surface area contributed by atoms with Crippen LogP contribution in [0.5, 0.6) is 0 Å². The van der Waals surface area contributed by atoms with Crippen LogP contribution in [0.3, 0.4) is 0 Å². The van der Waals surface area contributed by atoms with Crippen LogP contribution in [0.15, 0.2) is 66.9 Å². The summed E-state index contributed by atoms with van der Waals surface area (Å²) in [5.41, 5.74) is 2.95. The first-order valence-electron chi connectivity index (χ1n) is 12.2. The molecule has 2 N–H and O–H groups in total. The van der Waals surface area contributed by atoms with Gasteiger partial charge in [0.05, 0.1) is 11.6 Å². The minimum Gasteiger partial charge on any atom is -0.475 e. The number of nitrogens with one attached hydrogen (secondary N) is 1. The van der Waals surface area contributed by atoms with Gasteiger partial charge in [0.2, 0.25) is 0 Å². The molecule has 210 valence electrons. The van der Waals surface area contributed by atoms with Gasteiger partial charge in [0.15, 0.2) is 0 Å². The molecule has 2 heterocycles. The number of aliphatic carboxylic acids is 1. The fourth-order valence-electron chi connectivity index (χ4n) is 4.09. The zero-order valence-corrected chi connectivity index (χ0v) is 21.5.